The van der Waals surface area contributed by atoms with Crippen LogP contribution in [0.15, 0.2) is 36.5 Å². The van der Waals surface area contributed by atoms with Gasteiger partial charge in [-0.2, -0.15) is 4.98 Å². The standard InChI is InChI=1S/C24H34N6O/c1-5-20(6-2)30-22(17(3)31-4)15-18-16-26-24(28-23(18)30)27-19-7-9-21(10-8-19)29-13-11-25-12-14-29/h7-10,15-17,20,25H,5-6,11-14H2,1-4H3,(H,26,27,28). The van der Waals surface area contributed by atoms with Crippen molar-refractivity contribution in [3.63, 3.8) is 0 Å². The summed E-state index contributed by atoms with van der Waals surface area (Å²) in [6.45, 7) is 10.7. The molecule has 7 nitrogen and oxygen atoms in total. The quantitative estimate of drug-likeness (QED) is 0.551. The predicted octanol–water partition coefficient (Wildman–Crippen LogP) is 4.65. The van der Waals surface area contributed by atoms with Gasteiger partial charge in [0.25, 0.3) is 0 Å². The number of benzene rings is 1. The highest BCUT2D eigenvalue weighted by atomic mass is 16.5. The molecule has 1 aliphatic heterocycles. The molecule has 4 rings (SSSR count). The van der Waals surface area contributed by atoms with Gasteiger partial charge in [0.1, 0.15) is 5.65 Å². The minimum atomic E-state index is 0.00346. The zero-order valence-electron chi connectivity index (χ0n) is 19.1. The SMILES string of the molecule is CCC(CC)n1c(C(C)OC)cc2cnc(Nc3ccc(N4CCNCC4)cc3)nc21. The highest BCUT2D eigenvalue weighted by Gasteiger charge is 2.21. The number of methoxy groups -OCH3 is 1. The van der Waals surface area contributed by atoms with Crippen LogP contribution in [0.5, 0.6) is 0 Å². The Labute approximate surface area is 184 Å². The van der Waals surface area contributed by atoms with E-state index >= 15 is 0 Å². The van der Waals surface area contributed by atoms with Crippen molar-refractivity contribution in [1.29, 1.82) is 0 Å². The molecule has 2 N–H and O–H groups in total. The molecule has 3 heterocycles. The minimum Gasteiger partial charge on any atom is -0.376 e. The number of hydrogen-bond donors (Lipinski definition) is 2. The monoisotopic (exact) mass is 422 g/mol. The van der Waals surface area contributed by atoms with Crippen LogP contribution in [0.3, 0.4) is 0 Å². The topological polar surface area (TPSA) is 67.2 Å². The van der Waals surface area contributed by atoms with Crippen molar-refractivity contribution < 1.29 is 4.74 Å². The average molecular weight is 423 g/mol. The van der Waals surface area contributed by atoms with E-state index in [0.29, 0.717) is 12.0 Å². The van der Waals surface area contributed by atoms with E-state index in [-0.39, 0.29) is 6.10 Å². The Morgan fingerprint density at radius 1 is 1.13 bits per heavy atom. The fraction of sp³-hybridized carbons (Fsp3) is 0.500. The lowest BCUT2D eigenvalue weighted by atomic mass is 10.1. The Morgan fingerprint density at radius 2 is 1.84 bits per heavy atom. The van der Waals surface area contributed by atoms with Gasteiger partial charge in [-0.1, -0.05) is 13.8 Å². The molecule has 0 bridgehead atoms. The largest absolute Gasteiger partial charge is 0.376 e. The van der Waals surface area contributed by atoms with Gasteiger partial charge in [-0.15, -0.1) is 0 Å². The number of hydrogen-bond acceptors (Lipinski definition) is 6. The number of rotatable bonds is 8. The van der Waals surface area contributed by atoms with E-state index < -0.39 is 0 Å². The van der Waals surface area contributed by atoms with Crippen LogP contribution in [0.2, 0.25) is 0 Å². The van der Waals surface area contributed by atoms with Crippen LogP contribution in [0.25, 0.3) is 11.0 Å². The van der Waals surface area contributed by atoms with Gasteiger partial charge in [0, 0.05) is 68.0 Å². The number of anilines is 3. The third-order valence-electron chi connectivity index (χ3n) is 6.29. The number of aromatic nitrogens is 3. The number of nitrogens with one attached hydrogen (secondary N) is 2. The van der Waals surface area contributed by atoms with Crippen molar-refractivity contribution in [3.05, 3.63) is 42.2 Å². The Balaban J connectivity index is 1.61. The van der Waals surface area contributed by atoms with Gasteiger partial charge >= 0.3 is 0 Å². The number of ether oxygens (including phenoxy) is 1. The maximum absolute atomic E-state index is 5.64. The second kappa shape index (κ2) is 9.66. The summed E-state index contributed by atoms with van der Waals surface area (Å²) in [5.41, 5.74) is 4.36. The van der Waals surface area contributed by atoms with Crippen LogP contribution in [0, 0.1) is 0 Å². The number of nitrogens with zero attached hydrogens (tertiary/aromatic N) is 4. The first-order valence-electron chi connectivity index (χ1n) is 11.4. The predicted molar refractivity (Wildman–Crippen MR) is 127 cm³/mol. The van der Waals surface area contributed by atoms with Crippen molar-refractivity contribution in [2.75, 3.05) is 43.5 Å². The Kier molecular flexibility index (Phi) is 6.73. The molecule has 31 heavy (non-hydrogen) atoms. The lowest BCUT2D eigenvalue weighted by molar-refractivity contribution is 0.111. The number of fused-ring (bicyclic) bond motifs is 1. The van der Waals surface area contributed by atoms with E-state index in [2.05, 4.69) is 76.2 Å². The molecule has 0 radical (unpaired) electrons. The smallest absolute Gasteiger partial charge is 0.229 e. The molecule has 1 fully saturated rings. The van der Waals surface area contributed by atoms with Crippen LogP contribution in [-0.2, 0) is 4.74 Å². The fourth-order valence-electron chi connectivity index (χ4n) is 4.37. The van der Waals surface area contributed by atoms with Crippen LogP contribution < -0.4 is 15.5 Å². The van der Waals surface area contributed by atoms with Gasteiger partial charge in [-0.05, 0) is 50.1 Å². The highest BCUT2D eigenvalue weighted by molar-refractivity contribution is 5.78. The minimum absolute atomic E-state index is 0.00346. The van der Waals surface area contributed by atoms with E-state index in [1.165, 1.54) is 5.69 Å². The molecule has 2 aromatic heterocycles. The summed E-state index contributed by atoms with van der Waals surface area (Å²) in [5.74, 6) is 0.615. The zero-order valence-corrected chi connectivity index (χ0v) is 19.1. The van der Waals surface area contributed by atoms with Gasteiger partial charge in [-0.25, -0.2) is 4.98 Å². The molecular weight excluding hydrogens is 388 g/mol. The Morgan fingerprint density at radius 3 is 2.48 bits per heavy atom. The Bertz CT molecular complexity index is 989. The summed E-state index contributed by atoms with van der Waals surface area (Å²) in [5, 5.41) is 7.83. The third-order valence-corrected chi connectivity index (χ3v) is 6.29. The second-order valence-electron chi connectivity index (χ2n) is 8.17. The van der Waals surface area contributed by atoms with Gasteiger partial charge in [0.15, 0.2) is 0 Å². The van der Waals surface area contributed by atoms with Crippen molar-refractivity contribution in [2.45, 2.75) is 45.8 Å². The van der Waals surface area contributed by atoms with Crippen molar-refractivity contribution in [1.82, 2.24) is 19.9 Å². The van der Waals surface area contributed by atoms with Crippen LogP contribution in [0.1, 0.15) is 51.5 Å². The first-order valence-corrected chi connectivity index (χ1v) is 11.4. The number of piperazine rings is 1. The van der Waals surface area contributed by atoms with E-state index in [4.69, 9.17) is 9.72 Å². The molecule has 166 valence electrons. The maximum Gasteiger partial charge on any atom is 0.229 e. The molecule has 1 aromatic carbocycles. The van der Waals surface area contributed by atoms with E-state index in [9.17, 15) is 0 Å². The summed E-state index contributed by atoms with van der Waals surface area (Å²) >= 11 is 0. The van der Waals surface area contributed by atoms with Crippen LogP contribution >= 0.6 is 0 Å². The molecule has 1 aliphatic rings. The molecule has 1 saturated heterocycles. The van der Waals surface area contributed by atoms with Gasteiger partial charge < -0.3 is 24.8 Å². The lowest BCUT2D eigenvalue weighted by Crippen LogP contribution is -2.43. The van der Waals surface area contributed by atoms with Gasteiger partial charge in [0.2, 0.25) is 5.95 Å². The van der Waals surface area contributed by atoms with Crippen molar-refractivity contribution in [2.24, 2.45) is 0 Å². The lowest BCUT2D eigenvalue weighted by Gasteiger charge is -2.29. The van der Waals surface area contributed by atoms with Crippen LogP contribution in [0.4, 0.5) is 17.3 Å². The normalized spacial score (nSPS) is 15.6. The first kappa shape index (κ1) is 21.6. The average Bonchev–Trinajstić information content (AvgIpc) is 3.19. The molecule has 7 heteroatoms. The summed E-state index contributed by atoms with van der Waals surface area (Å²) < 4.78 is 7.98. The molecule has 0 aliphatic carbocycles. The van der Waals surface area contributed by atoms with Gasteiger partial charge in [-0.3, -0.25) is 0 Å². The zero-order chi connectivity index (χ0) is 21.8. The maximum atomic E-state index is 5.64. The fourth-order valence-corrected chi connectivity index (χ4v) is 4.37. The summed E-state index contributed by atoms with van der Waals surface area (Å²) in [7, 11) is 1.75. The van der Waals surface area contributed by atoms with Crippen molar-refractivity contribution >= 4 is 28.4 Å². The van der Waals surface area contributed by atoms with Crippen LogP contribution in [-0.4, -0.2) is 47.8 Å². The summed E-state index contributed by atoms with van der Waals surface area (Å²) in [6.07, 6.45) is 4.00. The van der Waals surface area contributed by atoms with E-state index in [1.54, 1.807) is 7.11 Å². The second-order valence-corrected chi connectivity index (χ2v) is 8.17. The summed E-state index contributed by atoms with van der Waals surface area (Å²) in [6, 6.07) is 11.1. The Hall–Kier alpha value is -2.64. The molecule has 1 atom stereocenters. The molecular formula is C24H34N6O. The highest BCUT2D eigenvalue weighted by Crippen LogP contribution is 2.31. The van der Waals surface area contributed by atoms with Crippen molar-refractivity contribution in [3.8, 4) is 0 Å². The summed E-state index contributed by atoms with van der Waals surface area (Å²) in [4.78, 5) is 11.9. The molecule has 0 amide bonds. The molecule has 0 spiro atoms. The van der Waals surface area contributed by atoms with E-state index in [0.717, 1.165) is 61.4 Å². The van der Waals surface area contributed by atoms with E-state index in [1.807, 2.05) is 6.20 Å². The van der Waals surface area contributed by atoms with Gasteiger partial charge in [0.05, 0.1) is 6.10 Å². The first-order chi connectivity index (χ1) is 15.1. The third kappa shape index (κ3) is 4.52. The molecule has 1 unspecified atom stereocenters. The molecule has 3 aromatic rings. The molecule has 0 saturated carbocycles.